The molecule has 0 aliphatic heterocycles. The monoisotopic (exact) mass is 344 g/mol. The number of carbonyl (C=O) groups excluding carboxylic acids is 1. The molecule has 0 spiro atoms. The van der Waals surface area contributed by atoms with Crippen molar-refractivity contribution in [1.82, 2.24) is 9.55 Å². The fourth-order valence-electron chi connectivity index (χ4n) is 4.36. The quantitative estimate of drug-likeness (QED) is 0.492. The number of nitrogens with zero attached hydrogens (tertiary/aromatic N) is 1. The molecule has 0 saturated heterocycles. The second-order valence-electron chi connectivity index (χ2n) is 7.02. The Morgan fingerprint density at radius 3 is 2.58 bits per heavy atom. The first-order chi connectivity index (χ1) is 12.6. The fraction of sp³-hybridized carbons (Fsp3) is 0.261. The van der Waals surface area contributed by atoms with Crippen LogP contribution in [0.4, 0.5) is 0 Å². The lowest BCUT2D eigenvalue weighted by molar-refractivity contribution is 0.0941. The van der Waals surface area contributed by atoms with Gasteiger partial charge in [0, 0.05) is 41.0 Å². The van der Waals surface area contributed by atoms with Crippen LogP contribution in [-0.2, 0) is 5.41 Å². The van der Waals surface area contributed by atoms with Gasteiger partial charge < -0.3 is 4.98 Å². The third kappa shape index (κ3) is 2.31. The minimum atomic E-state index is -0.0836. The van der Waals surface area contributed by atoms with Crippen LogP contribution in [0, 0.1) is 0 Å². The Hall–Kier alpha value is -2.81. The average molecular weight is 344 g/mol. The van der Waals surface area contributed by atoms with Crippen molar-refractivity contribution in [3.63, 3.8) is 0 Å². The third-order valence-electron chi connectivity index (χ3n) is 5.90. The molecule has 0 atom stereocenters. The first kappa shape index (κ1) is 16.6. The van der Waals surface area contributed by atoms with Gasteiger partial charge in [0.15, 0.2) is 0 Å². The van der Waals surface area contributed by atoms with Crippen LogP contribution >= 0.6 is 0 Å². The summed E-state index contributed by atoms with van der Waals surface area (Å²) < 4.78 is 1.74. The van der Waals surface area contributed by atoms with Gasteiger partial charge in [-0.05, 0) is 42.2 Å². The second-order valence-corrected chi connectivity index (χ2v) is 7.02. The van der Waals surface area contributed by atoms with Crippen LogP contribution < -0.4 is 0 Å². The standard InChI is InChI=1S/C23H24N2O/c1-4-23(5-2,20-15-24-21-9-7-6-8-19(20)21)18-11-10-17-12-13-25(16(3)26)22(17)14-18/h6-15,24H,4-5H2,1-3H3. The average Bonchev–Trinajstić information content (AvgIpc) is 3.28. The van der Waals surface area contributed by atoms with Gasteiger partial charge in [-0.15, -0.1) is 0 Å². The molecule has 3 nitrogen and oxygen atoms in total. The molecule has 0 aliphatic carbocycles. The number of carbonyl (C=O) groups is 1. The summed E-state index contributed by atoms with van der Waals surface area (Å²) in [6.45, 7) is 6.11. The topological polar surface area (TPSA) is 37.8 Å². The predicted molar refractivity (Wildman–Crippen MR) is 108 cm³/mol. The van der Waals surface area contributed by atoms with Crippen molar-refractivity contribution in [3.05, 3.63) is 72.1 Å². The summed E-state index contributed by atoms with van der Waals surface area (Å²) in [5.74, 6) is 0.0443. The van der Waals surface area contributed by atoms with Crippen molar-refractivity contribution in [1.29, 1.82) is 0 Å². The van der Waals surface area contributed by atoms with Crippen molar-refractivity contribution >= 4 is 27.7 Å². The van der Waals surface area contributed by atoms with Crippen molar-refractivity contribution in [2.75, 3.05) is 0 Å². The molecule has 2 aromatic carbocycles. The molecule has 0 radical (unpaired) electrons. The number of para-hydroxylation sites is 1. The van der Waals surface area contributed by atoms with Crippen LogP contribution in [0.2, 0.25) is 0 Å². The Balaban J connectivity index is 1.98. The number of hydrogen-bond donors (Lipinski definition) is 1. The lowest BCUT2D eigenvalue weighted by Crippen LogP contribution is -2.26. The first-order valence-electron chi connectivity index (χ1n) is 9.30. The van der Waals surface area contributed by atoms with E-state index in [4.69, 9.17) is 0 Å². The smallest absolute Gasteiger partial charge is 0.227 e. The van der Waals surface area contributed by atoms with Gasteiger partial charge in [-0.25, -0.2) is 0 Å². The largest absolute Gasteiger partial charge is 0.361 e. The summed E-state index contributed by atoms with van der Waals surface area (Å²) in [6, 6.07) is 17.0. The lowest BCUT2D eigenvalue weighted by Gasteiger charge is -2.33. The van der Waals surface area contributed by atoms with E-state index in [1.54, 1.807) is 11.5 Å². The van der Waals surface area contributed by atoms with Gasteiger partial charge >= 0.3 is 0 Å². The number of aromatic nitrogens is 2. The van der Waals surface area contributed by atoms with Gasteiger partial charge in [0.05, 0.1) is 5.52 Å². The van der Waals surface area contributed by atoms with Gasteiger partial charge in [0.1, 0.15) is 0 Å². The maximum absolute atomic E-state index is 12.0. The van der Waals surface area contributed by atoms with Crippen LogP contribution in [0.3, 0.4) is 0 Å². The number of H-pyrrole nitrogens is 1. The highest BCUT2D eigenvalue weighted by Crippen LogP contribution is 2.42. The summed E-state index contributed by atoms with van der Waals surface area (Å²) in [4.78, 5) is 15.4. The molecule has 26 heavy (non-hydrogen) atoms. The first-order valence-corrected chi connectivity index (χ1v) is 9.30. The number of nitrogens with one attached hydrogen (secondary N) is 1. The Bertz CT molecular complexity index is 1100. The Morgan fingerprint density at radius 2 is 1.85 bits per heavy atom. The number of benzene rings is 2. The SMILES string of the molecule is CCC(CC)(c1ccc2ccn(C(C)=O)c2c1)c1c[nH]c2ccccc12. The maximum atomic E-state index is 12.0. The van der Waals surface area contributed by atoms with E-state index in [1.165, 1.54) is 22.0 Å². The number of aromatic amines is 1. The zero-order valence-corrected chi connectivity index (χ0v) is 15.5. The zero-order valence-electron chi connectivity index (χ0n) is 15.5. The van der Waals surface area contributed by atoms with Crippen LogP contribution in [0.1, 0.15) is 49.5 Å². The van der Waals surface area contributed by atoms with E-state index in [-0.39, 0.29) is 11.3 Å². The van der Waals surface area contributed by atoms with E-state index in [0.717, 1.165) is 23.7 Å². The molecule has 2 aromatic heterocycles. The number of rotatable bonds is 4. The normalized spacial score (nSPS) is 12.1. The predicted octanol–water partition coefficient (Wildman–Crippen LogP) is 5.89. The van der Waals surface area contributed by atoms with Crippen LogP contribution in [-0.4, -0.2) is 15.5 Å². The minimum absolute atomic E-state index is 0.0443. The molecule has 4 aromatic rings. The lowest BCUT2D eigenvalue weighted by atomic mass is 9.70. The zero-order chi connectivity index (χ0) is 18.3. The van der Waals surface area contributed by atoms with Crippen LogP contribution in [0.5, 0.6) is 0 Å². The molecule has 4 rings (SSSR count). The van der Waals surface area contributed by atoms with Crippen molar-refractivity contribution in [2.45, 2.75) is 39.0 Å². The molecule has 0 unspecified atom stereocenters. The van der Waals surface area contributed by atoms with Gasteiger partial charge in [0.25, 0.3) is 0 Å². The second kappa shape index (κ2) is 6.17. The molecule has 132 valence electrons. The Morgan fingerprint density at radius 1 is 1.08 bits per heavy atom. The van der Waals surface area contributed by atoms with E-state index in [9.17, 15) is 4.79 Å². The van der Waals surface area contributed by atoms with Crippen LogP contribution in [0.15, 0.2) is 60.9 Å². The van der Waals surface area contributed by atoms with E-state index in [1.807, 2.05) is 12.3 Å². The van der Waals surface area contributed by atoms with Gasteiger partial charge in [-0.1, -0.05) is 44.2 Å². The van der Waals surface area contributed by atoms with E-state index < -0.39 is 0 Å². The van der Waals surface area contributed by atoms with Crippen molar-refractivity contribution < 1.29 is 4.79 Å². The van der Waals surface area contributed by atoms with Gasteiger partial charge in [0.2, 0.25) is 5.91 Å². The molecule has 0 saturated carbocycles. The summed E-state index contributed by atoms with van der Waals surface area (Å²) in [5, 5.41) is 2.38. The molecule has 0 amide bonds. The highest BCUT2D eigenvalue weighted by atomic mass is 16.1. The number of fused-ring (bicyclic) bond motifs is 2. The summed E-state index contributed by atoms with van der Waals surface area (Å²) >= 11 is 0. The molecular formula is C23H24N2O. The Kier molecular flexibility index (Phi) is 3.95. The molecular weight excluding hydrogens is 320 g/mol. The van der Waals surface area contributed by atoms with Gasteiger partial charge in [-0.2, -0.15) is 0 Å². The van der Waals surface area contributed by atoms with E-state index in [2.05, 4.69) is 67.5 Å². The maximum Gasteiger partial charge on any atom is 0.227 e. The minimum Gasteiger partial charge on any atom is -0.361 e. The van der Waals surface area contributed by atoms with Crippen molar-refractivity contribution in [2.24, 2.45) is 0 Å². The summed E-state index contributed by atoms with van der Waals surface area (Å²) in [7, 11) is 0. The van der Waals surface area contributed by atoms with Crippen molar-refractivity contribution in [3.8, 4) is 0 Å². The number of hydrogen-bond acceptors (Lipinski definition) is 1. The van der Waals surface area contributed by atoms with Crippen LogP contribution in [0.25, 0.3) is 21.8 Å². The fourth-order valence-corrected chi connectivity index (χ4v) is 4.36. The highest BCUT2D eigenvalue weighted by Gasteiger charge is 2.33. The summed E-state index contributed by atoms with van der Waals surface area (Å²) in [5.41, 5.74) is 4.67. The third-order valence-corrected chi connectivity index (χ3v) is 5.90. The molecule has 3 heteroatoms. The molecule has 0 bridgehead atoms. The molecule has 0 fully saturated rings. The van der Waals surface area contributed by atoms with E-state index in [0.29, 0.717) is 0 Å². The van der Waals surface area contributed by atoms with Gasteiger partial charge in [-0.3, -0.25) is 9.36 Å². The molecule has 0 aliphatic rings. The Labute approximate surface area is 153 Å². The highest BCUT2D eigenvalue weighted by molar-refractivity contribution is 5.92. The summed E-state index contributed by atoms with van der Waals surface area (Å²) in [6.07, 6.45) is 6.02. The molecule has 1 N–H and O–H groups in total. The molecule has 2 heterocycles. The van der Waals surface area contributed by atoms with E-state index >= 15 is 0 Å².